The Balaban J connectivity index is 1.57. The maximum absolute atomic E-state index is 13.9. The smallest absolute Gasteiger partial charge is 0.383 e. The van der Waals surface area contributed by atoms with Crippen LogP contribution in [0, 0.1) is 0 Å². The Kier molecular flexibility index (Phi) is 7.55. The Hall–Kier alpha value is -2.89. The van der Waals surface area contributed by atoms with Gasteiger partial charge < -0.3 is 14.0 Å². The number of rotatable bonds is 9. The summed E-state index contributed by atoms with van der Waals surface area (Å²) in [5, 5.41) is 0. The van der Waals surface area contributed by atoms with Crippen molar-refractivity contribution >= 4 is 19.0 Å². The molecule has 2 saturated heterocycles. The van der Waals surface area contributed by atoms with Crippen LogP contribution in [0.2, 0.25) is 0 Å². The minimum absolute atomic E-state index is 0.00348. The van der Waals surface area contributed by atoms with Crippen molar-refractivity contribution in [3.8, 4) is 17.1 Å². The molecule has 3 aromatic rings. The van der Waals surface area contributed by atoms with Gasteiger partial charge in [-0.3, -0.25) is 23.0 Å². The standard InChI is InChI=1S/C24H29N4O8P/c1-27-21-20(23(29)28(2)24(27)30)25-19(16-8-4-3-5-9-16)22(26-21)36-37(31,34-14-17-10-6-12-32-17)35-15-18-11-7-13-33-18/h3-5,8-9,17-18H,6-7,10-15H2,1-2H3. The topological polar surface area (TPSA) is 133 Å². The van der Waals surface area contributed by atoms with Gasteiger partial charge in [-0.2, -0.15) is 4.98 Å². The summed E-state index contributed by atoms with van der Waals surface area (Å²) < 4.78 is 44.5. The Morgan fingerprint density at radius 1 is 0.946 bits per heavy atom. The van der Waals surface area contributed by atoms with Crippen molar-refractivity contribution in [3.63, 3.8) is 0 Å². The first kappa shape index (κ1) is 25.7. The zero-order chi connectivity index (χ0) is 26.0. The molecule has 0 amide bonds. The second kappa shape index (κ2) is 10.8. The third-order valence-electron chi connectivity index (χ3n) is 6.37. The van der Waals surface area contributed by atoms with Gasteiger partial charge in [0.1, 0.15) is 5.69 Å². The van der Waals surface area contributed by atoms with E-state index in [4.69, 9.17) is 23.0 Å². The van der Waals surface area contributed by atoms with Crippen LogP contribution in [0.3, 0.4) is 0 Å². The fraction of sp³-hybridized carbons (Fsp3) is 0.500. The van der Waals surface area contributed by atoms with Crippen molar-refractivity contribution in [2.45, 2.75) is 37.9 Å². The van der Waals surface area contributed by atoms with Gasteiger partial charge in [0.25, 0.3) is 11.4 Å². The summed E-state index contributed by atoms with van der Waals surface area (Å²) in [5.74, 6) is -0.190. The van der Waals surface area contributed by atoms with E-state index in [0.717, 1.165) is 30.3 Å². The number of aryl methyl sites for hydroxylation is 1. The molecule has 1 aromatic carbocycles. The number of hydrogen-bond acceptors (Lipinski definition) is 10. The molecule has 2 unspecified atom stereocenters. The summed E-state index contributed by atoms with van der Waals surface area (Å²) in [7, 11) is -1.42. The van der Waals surface area contributed by atoms with E-state index in [-0.39, 0.29) is 48.2 Å². The van der Waals surface area contributed by atoms with E-state index in [9.17, 15) is 14.2 Å². The first-order valence-electron chi connectivity index (χ1n) is 12.2. The lowest BCUT2D eigenvalue weighted by atomic mass is 10.1. The molecule has 0 aliphatic carbocycles. The Morgan fingerprint density at radius 3 is 2.14 bits per heavy atom. The summed E-state index contributed by atoms with van der Waals surface area (Å²) in [6, 6.07) is 8.89. The highest BCUT2D eigenvalue weighted by atomic mass is 31.2. The molecule has 0 spiro atoms. The number of aromatic nitrogens is 4. The average Bonchev–Trinajstić information content (AvgIpc) is 3.63. The predicted octanol–water partition coefficient (Wildman–Crippen LogP) is 2.57. The fourth-order valence-corrected chi connectivity index (χ4v) is 5.51. The number of phosphoric ester groups is 1. The quantitative estimate of drug-likeness (QED) is 0.379. The summed E-state index contributed by atoms with van der Waals surface area (Å²) in [6.45, 7) is 1.22. The molecule has 37 heavy (non-hydrogen) atoms. The Bertz CT molecular complexity index is 1400. The van der Waals surface area contributed by atoms with Crippen LogP contribution in [0.4, 0.5) is 0 Å². The first-order chi connectivity index (χ1) is 17.8. The van der Waals surface area contributed by atoms with Crippen LogP contribution >= 0.6 is 7.82 Å². The molecule has 0 N–H and O–H groups in total. The third-order valence-corrected chi connectivity index (χ3v) is 7.70. The van der Waals surface area contributed by atoms with Crippen molar-refractivity contribution < 1.29 is 27.6 Å². The molecule has 0 bridgehead atoms. The summed E-state index contributed by atoms with van der Waals surface area (Å²) in [6.07, 6.45) is 2.83. The van der Waals surface area contributed by atoms with Gasteiger partial charge in [0.2, 0.25) is 0 Å². The molecule has 2 aromatic heterocycles. The highest BCUT2D eigenvalue weighted by Crippen LogP contribution is 2.51. The van der Waals surface area contributed by atoms with Crippen LogP contribution < -0.4 is 15.8 Å². The fourth-order valence-electron chi connectivity index (χ4n) is 4.29. The predicted molar refractivity (Wildman–Crippen MR) is 134 cm³/mol. The highest BCUT2D eigenvalue weighted by molar-refractivity contribution is 7.48. The van der Waals surface area contributed by atoms with E-state index in [0.29, 0.717) is 18.8 Å². The number of hydrogen-bond donors (Lipinski definition) is 0. The molecule has 0 saturated carbocycles. The zero-order valence-corrected chi connectivity index (χ0v) is 21.6. The van der Waals surface area contributed by atoms with Crippen LogP contribution in [-0.4, -0.2) is 57.7 Å². The molecule has 12 nitrogen and oxygen atoms in total. The minimum atomic E-state index is -4.25. The molecule has 0 radical (unpaired) electrons. The molecular formula is C24H29N4O8P. The molecule has 5 rings (SSSR count). The second-order valence-corrected chi connectivity index (χ2v) is 10.6. The van der Waals surface area contributed by atoms with Crippen LogP contribution in [-0.2, 0) is 37.2 Å². The lowest BCUT2D eigenvalue weighted by Crippen LogP contribution is -2.37. The average molecular weight is 532 g/mol. The van der Waals surface area contributed by atoms with Crippen LogP contribution in [0.25, 0.3) is 22.4 Å². The van der Waals surface area contributed by atoms with Crippen LogP contribution in [0.5, 0.6) is 5.88 Å². The molecule has 4 heterocycles. The Labute approximate surface area is 212 Å². The Morgan fingerprint density at radius 2 is 1.57 bits per heavy atom. The van der Waals surface area contributed by atoms with Gasteiger partial charge in [0.05, 0.1) is 25.4 Å². The second-order valence-electron chi connectivity index (χ2n) is 9.02. The van der Waals surface area contributed by atoms with Crippen molar-refractivity contribution in [2.24, 2.45) is 14.1 Å². The van der Waals surface area contributed by atoms with E-state index >= 15 is 0 Å². The SMILES string of the molecule is Cn1c(=O)c2nc(-c3ccccc3)c(OP(=O)(OCC3CCCO3)OCC3CCCO3)nc2n(C)c1=O. The number of fused-ring (bicyclic) bond motifs is 1. The highest BCUT2D eigenvalue weighted by Gasteiger charge is 2.35. The molecule has 2 aliphatic heterocycles. The van der Waals surface area contributed by atoms with Gasteiger partial charge in [-0.05, 0) is 25.7 Å². The van der Waals surface area contributed by atoms with E-state index in [1.165, 1.54) is 18.7 Å². The molecule has 2 atom stereocenters. The van der Waals surface area contributed by atoms with E-state index in [2.05, 4.69) is 9.97 Å². The van der Waals surface area contributed by atoms with Crippen LogP contribution in [0.1, 0.15) is 25.7 Å². The maximum atomic E-state index is 13.9. The molecule has 2 fully saturated rings. The number of ether oxygens (including phenoxy) is 2. The monoisotopic (exact) mass is 532 g/mol. The number of benzene rings is 1. The van der Waals surface area contributed by atoms with Gasteiger partial charge in [-0.15, -0.1) is 0 Å². The maximum Gasteiger partial charge on any atom is 0.531 e. The van der Waals surface area contributed by atoms with Gasteiger partial charge in [0.15, 0.2) is 11.2 Å². The van der Waals surface area contributed by atoms with E-state index < -0.39 is 19.1 Å². The first-order valence-corrected chi connectivity index (χ1v) is 13.7. The summed E-state index contributed by atoms with van der Waals surface area (Å²) >= 11 is 0. The van der Waals surface area contributed by atoms with E-state index in [1.807, 2.05) is 6.07 Å². The lowest BCUT2D eigenvalue weighted by Gasteiger charge is -2.22. The summed E-state index contributed by atoms with van der Waals surface area (Å²) in [4.78, 5) is 34.3. The molecule has 13 heteroatoms. The van der Waals surface area contributed by atoms with Gasteiger partial charge in [0, 0.05) is 32.9 Å². The normalized spacial score (nSPS) is 21.4. The van der Waals surface area contributed by atoms with Crippen molar-refractivity contribution in [1.82, 2.24) is 19.1 Å². The van der Waals surface area contributed by atoms with Gasteiger partial charge in [-0.1, -0.05) is 30.3 Å². The van der Waals surface area contributed by atoms with Gasteiger partial charge in [-0.25, -0.2) is 14.3 Å². The van der Waals surface area contributed by atoms with Gasteiger partial charge >= 0.3 is 13.5 Å². The number of phosphoric acid groups is 1. The molecule has 2 aliphatic rings. The third kappa shape index (κ3) is 5.53. The largest absolute Gasteiger partial charge is 0.531 e. The molecular weight excluding hydrogens is 503 g/mol. The summed E-state index contributed by atoms with van der Waals surface area (Å²) in [5.41, 5.74) is -0.531. The van der Waals surface area contributed by atoms with Crippen molar-refractivity contribution in [2.75, 3.05) is 26.4 Å². The lowest BCUT2D eigenvalue weighted by molar-refractivity contribution is 0.0290. The number of nitrogens with zero attached hydrogens (tertiary/aromatic N) is 4. The van der Waals surface area contributed by atoms with E-state index in [1.54, 1.807) is 24.3 Å². The zero-order valence-electron chi connectivity index (χ0n) is 20.7. The van der Waals surface area contributed by atoms with Crippen molar-refractivity contribution in [3.05, 3.63) is 51.2 Å². The van der Waals surface area contributed by atoms with Crippen LogP contribution in [0.15, 0.2) is 39.9 Å². The van der Waals surface area contributed by atoms with Crippen molar-refractivity contribution in [1.29, 1.82) is 0 Å². The minimum Gasteiger partial charge on any atom is -0.383 e. The molecule has 198 valence electrons.